The van der Waals surface area contributed by atoms with Gasteiger partial charge in [-0.3, -0.25) is 14.6 Å². The molecule has 1 aromatic carbocycles. The summed E-state index contributed by atoms with van der Waals surface area (Å²) in [4.78, 5) is 33.4. The number of H-pyrrole nitrogens is 1. The second-order valence-corrected chi connectivity index (χ2v) is 13.1. The number of aryl methyl sites for hydroxylation is 1. The predicted molar refractivity (Wildman–Crippen MR) is 138 cm³/mol. The number of aromatic amines is 1. The highest BCUT2D eigenvalue weighted by molar-refractivity contribution is 7.92. The first-order valence-electron chi connectivity index (χ1n) is 12.2. The van der Waals surface area contributed by atoms with Gasteiger partial charge in [-0.25, -0.2) is 13.4 Å². The number of aromatic nitrogens is 4. The molecule has 10 heteroatoms. The summed E-state index contributed by atoms with van der Waals surface area (Å²) in [6.07, 6.45) is 3.45. The lowest BCUT2D eigenvalue weighted by Crippen LogP contribution is -2.25. The van der Waals surface area contributed by atoms with E-state index in [1.807, 2.05) is 20.8 Å². The molecule has 2 heterocycles. The maximum absolute atomic E-state index is 13.0. The number of hydrogen-bond acceptors (Lipinski definition) is 6. The van der Waals surface area contributed by atoms with Crippen LogP contribution in [0.2, 0.25) is 0 Å². The Morgan fingerprint density at radius 1 is 1.14 bits per heavy atom. The van der Waals surface area contributed by atoms with E-state index >= 15 is 0 Å². The average Bonchev–Trinajstić information content (AvgIpc) is 3.23. The number of nitrogens with zero attached hydrogens (tertiary/aromatic N) is 3. The fourth-order valence-corrected chi connectivity index (χ4v) is 5.19. The third-order valence-electron chi connectivity index (χ3n) is 6.36. The highest BCUT2D eigenvalue weighted by Gasteiger charge is 2.24. The van der Waals surface area contributed by atoms with Gasteiger partial charge in [0.15, 0.2) is 9.84 Å². The van der Waals surface area contributed by atoms with Gasteiger partial charge in [-0.15, -0.1) is 0 Å². The summed E-state index contributed by atoms with van der Waals surface area (Å²) in [5, 5.41) is 7.03. The summed E-state index contributed by atoms with van der Waals surface area (Å²) < 4.78 is 26.2. The van der Waals surface area contributed by atoms with Gasteiger partial charge in [-0.05, 0) is 57.2 Å². The van der Waals surface area contributed by atoms with Crippen molar-refractivity contribution in [3.05, 3.63) is 63.2 Å². The van der Waals surface area contributed by atoms with Gasteiger partial charge in [0.2, 0.25) is 11.9 Å². The number of fused-ring (bicyclic) bond motifs is 1. The number of nitrogens with one attached hydrogen (secondary N) is 2. The molecule has 1 aliphatic rings. The van der Waals surface area contributed by atoms with Crippen molar-refractivity contribution in [3.8, 4) is 5.95 Å². The Morgan fingerprint density at radius 3 is 2.44 bits per heavy atom. The summed E-state index contributed by atoms with van der Waals surface area (Å²) in [5.41, 5.74) is 2.45. The lowest BCUT2D eigenvalue weighted by atomic mass is 9.92. The van der Waals surface area contributed by atoms with Crippen LogP contribution in [0.25, 0.3) is 5.95 Å². The normalized spacial score (nSPS) is 14.1. The fourth-order valence-electron chi connectivity index (χ4n) is 4.13. The summed E-state index contributed by atoms with van der Waals surface area (Å²) in [6.45, 7) is 9.32. The summed E-state index contributed by atoms with van der Waals surface area (Å²) in [6, 6.07) is 8.14. The van der Waals surface area contributed by atoms with Crippen LogP contribution in [0.4, 0.5) is 5.82 Å². The number of carbonyl (C=O) groups is 1. The number of anilines is 1. The van der Waals surface area contributed by atoms with E-state index in [0.717, 1.165) is 36.2 Å². The minimum atomic E-state index is -3.38. The number of carbonyl (C=O) groups excluding carboxylic acids is 1. The van der Waals surface area contributed by atoms with Crippen LogP contribution in [0.1, 0.15) is 70.0 Å². The van der Waals surface area contributed by atoms with Crippen LogP contribution >= 0.6 is 0 Å². The van der Waals surface area contributed by atoms with Gasteiger partial charge < -0.3 is 5.32 Å². The van der Waals surface area contributed by atoms with Gasteiger partial charge in [0.05, 0.1) is 28.0 Å². The molecule has 1 aliphatic carbocycles. The SMILES string of the molecule is CC(C)S(=O)(=O)c1ccc(CC(=O)Nc2cc(C(C)(C)C)nn2-c2nc3c(c(=O)[nH]2)CCCC3)cc1. The number of sulfone groups is 1. The predicted octanol–water partition coefficient (Wildman–Crippen LogP) is 3.50. The highest BCUT2D eigenvalue weighted by atomic mass is 32.2. The van der Waals surface area contributed by atoms with Crippen molar-refractivity contribution in [2.45, 2.75) is 82.3 Å². The molecule has 0 radical (unpaired) electrons. The van der Waals surface area contributed by atoms with E-state index in [4.69, 9.17) is 0 Å². The Bertz CT molecular complexity index is 1440. The topological polar surface area (TPSA) is 127 Å². The third kappa shape index (κ3) is 5.28. The summed E-state index contributed by atoms with van der Waals surface area (Å²) in [7, 11) is -3.38. The first-order valence-corrected chi connectivity index (χ1v) is 13.8. The lowest BCUT2D eigenvalue weighted by Gasteiger charge is -2.16. The molecule has 192 valence electrons. The highest BCUT2D eigenvalue weighted by Crippen LogP contribution is 2.26. The van der Waals surface area contributed by atoms with E-state index in [1.54, 1.807) is 32.0 Å². The summed E-state index contributed by atoms with van der Waals surface area (Å²) in [5.74, 6) is 0.383. The van der Waals surface area contributed by atoms with Gasteiger partial charge in [0, 0.05) is 17.0 Å². The van der Waals surface area contributed by atoms with E-state index in [2.05, 4.69) is 20.4 Å². The van der Waals surface area contributed by atoms with Crippen LogP contribution in [-0.2, 0) is 39.3 Å². The minimum absolute atomic E-state index is 0.0478. The molecule has 9 nitrogen and oxygen atoms in total. The quantitative estimate of drug-likeness (QED) is 0.522. The minimum Gasteiger partial charge on any atom is -0.310 e. The first kappa shape index (κ1) is 25.8. The van der Waals surface area contributed by atoms with Crippen LogP contribution in [0.5, 0.6) is 0 Å². The number of hydrogen-bond donors (Lipinski definition) is 2. The van der Waals surface area contributed by atoms with Gasteiger partial charge in [-0.1, -0.05) is 32.9 Å². The zero-order valence-electron chi connectivity index (χ0n) is 21.4. The zero-order valence-corrected chi connectivity index (χ0v) is 22.2. The number of benzene rings is 1. The molecule has 0 unspecified atom stereocenters. The van der Waals surface area contributed by atoms with Crippen LogP contribution in [0.3, 0.4) is 0 Å². The molecule has 0 bridgehead atoms. The molecule has 4 rings (SSSR count). The zero-order chi connectivity index (χ0) is 26.3. The lowest BCUT2D eigenvalue weighted by molar-refractivity contribution is -0.115. The Hall–Kier alpha value is -3.27. The van der Waals surface area contributed by atoms with Crippen molar-refractivity contribution in [3.63, 3.8) is 0 Å². The van der Waals surface area contributed by atoms with E-state index in [9.17, 15) is 18.0 Å². The van der Waals surface area contributed by atoms with E-state index in [1.165, 1.54) is 16.8 Å². The van der Waals surface area contributed by atoms with Crippen LogP contribution < -0.4 is 10.9 Å². The Balaban J connectivity index is 1.61. The van der Waals surface area contributed by atoms with Crippen LogP contribution in [-0.4, -0.2) is 39.3 Å². The molecular weight excluding hydrogens is 478 g/mol. The number of rotatable bonds is 6. The van der Waals surface area contributed by atoms with E-state index < -0.39 is 15.1 Å². The van der Waals surface area contributed by atoms with Crippen molar-refractivity contribution >= 4 is 21.6 Å². The Morgan fingerprint density at radius 2 is 1.81 bits per heavy atom. The van der Waals surface area contributed by atoms with E-state index in [-0.39, 0.29) is 34.1 Å². The molecule has 3 aromatic rings. The molecular formula is C26H33N5O4S. The maximum Gasteiger partial charge on any atom is 0.255 e. The van der Waals surface area contributed by atoms with Gasteiger partial charge in [-0.2, -0.15) is 9.78 Å². The van der Waals surface area contributed by atoms with Gasteiger partial charge >= 0.3 is 0 Å². The summed E-state index contributed by atoms with van der Waals surface area (Å²) >= 11 is 0. The van der Waals surface area contributed by atoms with Crippen molar-refractivity contribution < 1.29 is 13.2 Å². The van der Waals surface area contributed by atoms with Gasteiger partial charge in [0.1, 0.15) is 5.82 Å². The average molecular weight is 512 g/mol. The number of amides is 1. The van der Waals surface area contributed by atoms with Crippen LogP contribution in [0, 0.1) is 0 Å². The molecule has 2 N–H and O–H groups in total. The van der Waals surface area contributed by atoms with Crippen molar-refractivity contribution in [2.24, 2.45) is 0 Å². The Labute approximate surface area is 211 Å². The molecule has 0 spiro atoms. The molecule has 1 amide bonds. The van der Waals surface area contributed by atoms with E-state index in [0.29, 0.717) is 17.8 Å². The monoisotopic (exact) mass is 511 g/mol. The van der Waals surface area contributed by atoms with Crippen molar-refractivity contribution in [1.29, 1.82) is 0 Å². The molecule has 36 heavy (non-hydrogen) atoms. The Kier molecular flexibility index (Phi) is 6.92. The molecule has 2 aromatic heterocycles. The fraction of sp³-hybridized carbons (Fsp3) is 0.462. The molecule has 0 saturated carbocycles. The standard InChI is InChI=1S/C26H33N5O4S/c1-16(2)36(34,35)18-12-10-17(11-13-18)14-23(32)28-22-15-21(26(3,4)5)30-31(22)25-27-20-9-7-6-8-19(20)24(33)29-25/h10-13,15-16H,6-9,14H2,1-5H3,(H,28,32)(H,27,29,33). The molecule has 0 atom stereocenters. The third-order valence-corrected chi connectivity index (χ3v) is 8.53. The van der Waals surface area contributed by atoms with Crippen molar-refractivity contribution in [1.82, 2.24) is 19.7 Å². The molecule has 0 saturated heterocycles. The largest absolute Gasteiger partial charge is 0.310 e. The maximum atomic E-state index is 13.0. The smallest absolute Gasteiger partial charge is 0.255 e. The molecule has 0 aliphatic heterocycles. The van der Waals surface area contributed by atoms with Crippen molar-refractivity contribution in [2.75, 3.05) is 5.32 Å². The van der Waals surface area contributed by atoms with Crippen LogP contribution in [0.15, 0.2) is 40.0 Å². The first-order chi connectivity index (χ1) is 16.9. The second kappa shape index (κ2) is 9.65. The van der Waals surface area contributed by atoms with Gasteiger partial charge in [0.25, 0.3) is 5.56 Å². The molecule has 0 fully saturated rings. The second-order valence-electron chi connectivity index (χ2n) is 10.6.